The molecule has 0 radical (unpaired) electrons. The van der Waals surface area contributed by atoms with Crippen molar-refractivity contribution in [3.05, 3.63) is 107 Å². The molecule has 0 unspecified atom stereocenters. The zero-order chi connectivity index (χ0) is 23.4. The van der Waals surface area contributed by atoms with Gasteiger partial charge in [0.15, 0.2) is 5.13 Å². The van der Waals surface area contributed by atoms with E-state index < -0.39 is 15.9 Å². The highest BCUT2D eigenvalue weighted by Crippen LogP contribution is 2.24. The molecule has 0 fully saturated rings. The molecule has 4 aromatic rings. The van der Waals surface area contributed by atoms with Crippen molar-refractivity contribution in [3.8, 4) is 0 Å². The Kier molecular flexibility index (Phi) is 6.52. The molecular weight excluding hydrogens is 461 g/mol. The molecule has 1 N–H and O–H groups in total. The van der Waals surface area contributed by atoms with Gasteiger partial charge in [0.1, 0.15) is 5.82 Å². The maximum atomic E-state index is 13.0. The summed E-state index contributed by atoms with van der Waals surface area (Å²) in [4.78, 5) is 17.8. The number of benzene rings is 3. The molecule has 0 bridgehead atoms. The fourth-order valence-electron chi connectivity index (χ4n) is 3.13. The van der Waals surface area contributed by atoms with Crippen LogP contribution < -0.4 is 9.62 Å². The summed E-state index contributed by atoms with van der Waals surface area (Å²) in [6.45, 7) is 0. The number of thiazole rings is 1. The minimum atomic E-state index is -3.75. The van der Waals surface area contributed by atoms with Gasteiger partial charge in [-0.3, -0.25) is 14.4 Å². The normalized spacial score (nSPS) is 11.2. The van der Waals surface area contributed by atoms with E-state index in [2.05, 4.69) is 10.3 Å². The first-order valence-electron chi connectivity index (χ1n) is 9.97. The number of aromatic nitrogens is 1. The van der Waals surface area contributed by atoms with Crippen molar-refractivity contribution in [1.29, 1.82) is 0 Å². The van der Waals surface area contributed by atoms with Crippen molar-refractivity contribution in [3.63, 3.8) is 0 Å². The third-order valence-electron chi connectivity index (χ3n) is 4.96. The average molecular weight is 482 g/mol. The van der Waals surface area contributed by atoms with E-state index in [1.54, 1.807) is 42.6 Å². The van der Waals surface area contributed by atoms with Crippen molar-refractivity contribution in [2.75, 3.05) is 16.7 Å². The molecule has 1 heterocycles. The van der Waals surface area contributed by atoms with E-state index in [0.29, 0.717) is 22.8 Å². The summed E-state index contributed by atoms with van der Waals surface area (Å²) in [5.41, 5.74) is 1.79. The van der Waals surface area contributed by atoms with E-state index in [0.717, 1.165) is 10.4 Å². The van der Waals surface area contributed by atoms with E-state index in [1.807, 2.05) is 6.07 Å². The standard InChI is InChI=1S/C24H20FN3O3S2/c1-28(20-5-3-2-4-6-20)33(30,31)22-13-9-18(10-14-22)23(29)27-24-26-16-21(32-24)15-17-7-11-19(25)12-8-17/h2-14,16H,15H2,1H3,(H,26,27,29). The van der Waals surface area contributed by atoms with Gasteiger partial charge in [-0.25, -0.2) is 17.8 Å². The third-order valence-corrected chi connectivity index (χ3v) is 7.67. The number of hydrogen-bond donors (Lipinski definition) is 1. The lowest BCUT2D eigenvalue weighted by Gasteiger charge is -2.19. The summed E-state index contributed by atoms with van der Waals surface area (Å²) < 4.78 is 40.0. The van der Waals surface area contributed by atoms with Crippen LogP contribution in [0.25, 0.3) is 0 Å². The van der Waals surface area contributed by atoms with Crippen molar-refractivity contribution >= 4 is 38.1 Å². The van der Waals surface area contributed by atoms with E-state index >= 15 is 0 Å². The highest BCUT2D eigenvalue weighted by atomic mass is 32.2. The number of halogens is 1. The lowest BCUT2D eigenvalue weighted by Crippen LogP contribution is -2.26. The molecule has 0 aliphatic carbocycles. The number of anilines is 2. The van der Waals surface area contributed by atoms with Gasteiger partial charge in [0.2, 0.25) is 0 Å². The Morgan fingerprint density at radius 2 is 1.67 bits per heavy atom. The molecule has 0 atom stereocenters. The van der Waals surface area contributed by atoms with Crippen LogP contribution in [-0.4, -0.2) is 26.4 Å². The minimum Gasteiger partial charge on any atom is -0.298 e. The van der Waals surface area contributed by atoms with Gasteiger partial charge in [-0.1, -0.05) is 30.3 Å². The van der Waals surface area contributed by atoms with E-state index in [-0.39, 0.29) is 10.7 Å². The fraction of sp³-hybridized carbons (Fsp3) is 0.0833. The Hall–Kier alpha value is -3.56. The first-order valence-corrected chi connectivity index (χ1v) is 12.2. The van der Waals surface area contributed by atoms with E-state index in [4.69, 9.17) is 0 Å². The van der Waals surface area contributed by atoms with Gasteiger partial charge >= 0.3 is 0 Å². The molecule has 1 aromatic heterocycles. The number of rotatable bonds is 7. The van der Waals surface area contributed by atoms with Gasteiger partial charge in [-0.15, -0.1) is 11.3 Å². The maximum Gasteiger partial charge on any atom is 0.264 e. The Morgan fingerprint density at radius 3 is 2.33 bits per heavy atom. The van der Waals surface area contributed by atoms with Crippen LogP contribution in [0.2, 0.25) is 0 Å². The van der Waals surface area contributed by atoms with Crippen LogP contribution in [0.1, 0.15) is 20.8 Å². The van der Waals surface area contributed by atoms with Crippen LogP contribution in [-0.2, 0) is 16.4 Å². The number of carbonyl (C=O) groups excluding carboxylic acids is 1. The number of nitrogens with one attached hydrogen (secondary N) is 1. The minimum absolute atomic E-state index is 0.0845. The highest BCUT2D eigenvalue weighted by Gasteiger charge is 2.21. The first kappa shape index (κ1) is 22.6. The molecule has 33 heavy (non-hydrogen) atoms. The molecule has 0 saturated heterocycles. The third kappa shape index (κ3) is 5.27. The molecule has 0 aliphatic heterocycles. The Labute approximate surface area is 195 Å². The van der Waals surface area contributed by atoms with Crippen LogP contribution in [0.5, 0.6) is 0 Å². The van der Waals surface area contributed by atoms with Gasteiger partial charge < -0.3 is 0 Å². The molecular formula is C24H20FN3O3S2. The van der Waals surface area contributed by atoms with Crippen LogP contribution >= 0.6 is 11.3 Å². The molecule has 0 spiro atoms. The average Bonchev–Trinajstić information content (AvgIpc) is 3.27. The predicted molar refractivity (Wildman–Crippen MR) is 128 cm³/mol. The second-order valence-electron chi connectivity index (χ2n) is 7.22. The Bertz CT molecular complexity index is 1350. The number of sulfonamides is 1. The molecule has 4 rings (SSSR count). The summed E-state index contributed by atoms with van der Waals surface area (Å²) in [6.07, 6.45) is 2.24. The molecule has 3 aromatic carbocycles. The summed E-state index contributed by atoms with van der Waals surface area (Å²) in [6, 6.07) is 20.7. The van der Waals surface area contributed by atoms with Crippen molar-refractivity contribution in [1.82, 2.24) is 4.98 Å². The number of nitrogens with zero attached hydrogens (tertiary/aromatic N) is 2. The summed E-state index contributed by atoms with van der Waals surface area (Å²) in [7, 11) is -2.27. The quantitative estimate of drug-likeness (QED) is 0.405. The van der Waals surface area contributed by atoms with Crippen molar-refractivity contribution in [2.45, 2.75) is 11.3 Å². The van der Waals surface area contributed by atoms with Crippen LogP contribution in [0.4, 0.5) is 15.2 Å². The molecule has 0 aliphatic rings. The van der Waals surface area contributed by atoms with Crippen molar-refractivity contribution < 1.29 is 17.6 Å². The molecule has 9 heteroatoms. The first-order chi connectivity index (χ1) is 15.8. The summed E-state index contributed by atoms with van der Waals surface area (Å²) in [5, 5.41) is 3.16. The zero-order valence-corrected chi connectivity index (χ0v) is 19.2. The second-order valence-corrected chi connectivity index (χ2v) is 10.3. The monoisotopic (exact) mass is 481 g/mol. The topological polar surface area (TPSA) is 79.4 Å². The number of para-hydroxylation sites is 1. The molecule has 1 amide bonds. The van der Waals surface area contributed by atoms with Gasteiger partial charge in [-0.05, 0) is 54.1 Å². The fourth-order valence-corrected chi connectivity index (χ4v) is 5.17. The van der Waals surface area contributed by atoms with Gasteiger partial charge in [0.25, 0.3) is 15.9 Å². The van der Waals surface area contributed by atoms with E-state index in [1.165, 1.54) is 59.1 Å². The Balaban J connectivity index is 1.42. The number of carbonyl (C=O) groups is 1. The lowest BCUT2D eigenvalue weighted by atomic mass is 10.1. The highest BCUT2D eigenvalue weighted by molar-refractivity contribution is 7.92. The summed E-state index contributed by atoms with van der Waals surface area (Å²) >= 11 is 1.32. The summed E-state index contributed by atoms with van der Waals surface area (Å²) in [5.74, 6) is -0.681. The largest absolute Gasteiger partial charge is 0.298 e. The Morgan fingerprint density at radius 1 is 1.00 bits per heavy atom. The smallest absolute Gasteiger partial charge is 0.264 e. The maximum absolute atomic E-state index is 13.0. The van der Waals surface area contributed by atoms with E-state index in [9.17, 15) is 17.6 Å². The zero-order valence-electron chi connectivity index (χ0n) is 17.6. The van der Waals surface area contributed by atoms with Gasteiger partial charge in [-0.2, -0.15) is 0 Å². The number of amides is 1. The number of hydrogen-bond acceptors (Lipinski definition) is 5. The lowest BCUT2D eigenvalue weighted by molar-refractivity contribution is 0.102. The predicted octanol–water partition coefficient (Wildman–Crippen LogP) is 4.95. The molecule has 6 nitrogen and oxygen atoms in total. The molecule has 168 valence electrons. The van der Waals surface area contributed by atoms with Crippen LogP contribution in [0.15, 0.2) is 90.0 Å². The second kappa shape index (κ2) is 9.51. The van der Waals surface area contributed by atoms with Gasteiger partial charge in [0.05, 0.1) is 10.6 Å². The van der Waals surface area contributed by atoms with Crippen LogP contribution in [0, 0.1) is 5.82 Å². The van der Waals surface area contributed by atoms with Crippen LogP contribution in [0.3, 0.4) is 0 Å². The van der Waals surface area contributed by atoms with Crippen molar-refractivity contribution in [2.24, 2.45) is 0 Å². The van der Waals surface area contributed by atoms with Gasteiger partial charge in [0, 0.05) is 30.1 Å². The SMILES string of the molecule is CN(c1ccccc1)S(=O)(=O)c1ccc(C(=O)Nc2ncc(Cc3ccc(F)cc3)s2)cc1. The molecule has 0 saturated carbocycles.